The van der Waals surface area contributed by atoms with E-state index in [0.29, 0.717) is 29.0 Å². The number of thiocarbonyl (C=S) groups is 1. The van der Waals surface area contributed by atoms with Crippen molar-refractivity contribution in [2.45, 2.75) is 13.3 Å². The normalized spacial score (nSPS) is 19.5. The predicted octanol–water partition coefficient (Wildman–Crippen LogP) is 3.68. The number of fused-ring (bicyclic) bond motifs is 1. The van der Waals surface area contributed by atoms with E-state index in [1.807, 2.05) is 37.3 Å². The zero-order valence-corrected chi connectivity index (χ0v) is 16.8. The van der Waals surface area contributed by atoms with Gasteiger partial charge in [0.25, 0.3) is 5.91 Å². The van der Waals surface area contributed by atoms with Gasteiger partial charge in [-0.05, 0) is 24.6 Å². The number of para-hydroxylation sites is 1. The van der Waals surface area contributed by atoms with Crippen molar-refractivity contribution >= 4 is 57.0 Å². The Kier molecular flexibility index (Phi) is 5.43. The van der Waals surface area contributed by atoms with E-state index in [9.17, 15) is 4.79 Å². The number of thioether (sulfide) groups is 1. The topological polar surface area (TPSA) is 45.7 Å². The van der Waals surface area contributed by atoms with Crippen LogP contribution in [-0.4, -0.2) is 53.0 Å². The van der Waals surface area contributed by atoms with Gasteiger partial charge >= 0.3 is 0 Å². The molecule has 0 radical (unpaired) electrons. The number of hydrogen-bond donors (Lipinski definition) is 0. The van der Waals surface area contributed by atoms with Crippen molar-refractivity contribution in [3.63, 3.8) is 0 Å². The number of ether oxygens (including phenoxy) is 1. The van der Waals surface area contributed by atoms with Gasteiger partial charge in [0.2, 0.25) is 0 Å². The molecule has 0 atom stereocenters. The van der Waals surface area contributed by atoms with Crippen molar-refractivity contribution in [3.05, 3.63) is 40.8 Å². The van der Waals surface area contributed by atoms with Crippen LogP contribution in [0.25, 0.3) is 17.0 Å². The van der Waals surface area contributed by atoms with Crippen molar-refractivity contribution in [2.24, 2.45) is 0 Å². The number of hydrogen-bond acceptors (Lipinski definition) is 6. The molecule has 27 heavy (non-hydrogen) atoms. The number of aromatic nitrogens is 1. The second-order valence-electron chi connectivity index (χ2n) is 6.53. The van der Waals surface area contributed by atoms with Crippen LogP contribution in [0.2, 0.25) is 0 Å². The summed E-state index contributed by atoms with van der Waals surface area (Å²) in [6.45, 7) is 5.67. The van der Waals surface area contributed by atoms with Crippen LogP contribution in [0.3, 0.4) is 0 Å². The molecule has 2 aromatic rings. The van der Waals surface area contributed by atoms with Gasteiger partial charge in [-0.25, -0.2) is 4.98 Å². The third-order valence-electron chi connectivity index (χ3n) is 4.65. The average Bonchev–Trinajstić information content (AvgIpc) is 2.96. The average molecular weight is 400 g/mol. The molecule has 2 fully saturated rings. The third-order valence-corrected chi connectivity index (χ3v) is 6.03. The molecule has 140 valence electrons. The highest BCUT2D eigenvalue weighted by Crippen LogP contribution is 2.35. The van der Waals surface area contributed by atoms with E-state index in [0.717, 1.165) is 41.8 Å². The predicted molar refractivity (Wildman–Crippen MR) is 115 cm³/mol. The van der Waals surface area contributed by atoms with Gasteiger partial charge < -0.3 is 9.64 Å². The fraction of sp³-hybridized carbons (Fsp3) is 0.350. The first kappa shape index (κ1) is 18.4. The molecule has 1 amide bonds. The van der Waals surface area contributed by atoms with E-state index in [-0.39, 0.29) is 5.91 Å². The van der Waals surface area contributed by atoms with Gasteiger partial charge in [-0.3, -0.25) is 9.69 Å². The molecule has 5 nitrogen and oxygen atoms in total. The molecule has 0 bridgehead atoms. The van der Waals surface area contributed by atoms with E-state index in [4.69, 9.17) is 21.9 Å². The van der Waals surface area contributed by atoms with Gasteiger partial charge in [-0.15, -0.1) is 0 Å². The molecule has 4 rings (SSSR count). The molecular weight excluding hydrogens is 378 g/mol. The lowest BCUT2D eigenvalue weighted by atomic mass is 10.1. The minimum atomic E-state index is -0.00654. The van der Waals surface area contributed by atoms with Crippen molar-refractivity contribution in [1.82, 2.24) is 9.88 Å². The summed E-state index contributed by atoms with van der Waals surface area (Å²) in [5, 5.41) is 1.06. The highest BCUT2D eigenvalue weighted by molar-refractivity contribution is 8.26. The lowest BCUT2D eigenvalue weighted by Gasteiger charge is -2.29. The summed E-state index contributed by atoms with van der Waals surface area (Å²) in [6.07, 6.45) is 2.83. The molecule has 3 heterocycles. The molecule has 0 N–H and O–H groups in total. The Balaban J connectivity index is 1.77. The number of morpholine rings is 1. The van der Waals surface area contributed by atoms with Gasteiger partial charge in [0.05, 0.1) is 23.6 Å². The highest BCUT2D eigenvalue weighted by atomic mass is 32.2. The number of pyridine rings is 1. The SMILES string of the molecule is CCCN1C(=O)C(=Cc2cc3ccccc3nc2N2CCOCC2)SC1=S. The summed E-state index contributed by atoms with van der Waals surface area (Å²) < 4.78 is 6.12. The van der Waals surface area contributed by atoms with Gasteiger partial charge in [0.1, 0.15) is 10.1 Å². The standard InChI is InChI=1S/C20H21N3O2S2/c1-2-7-23-19(24)17(27-20(23)26)13-15-12-14-5-3-4-6-16(14)21-18(15)22-8-10-25-11-9-22/h3-6,12-13H,2,7-11H2,1H3. The maximum atomic E-state index is 12.8. The quantitative estimate of drug-likeness (QED) is 0.577. The van der Waals surface area contributed by atoms with Crippen LogP contribution >= 0.6 is 24.0 Å². The second-order valence-corrected chi connectivity index (χ2v) is 8.20. The Morgan fingerprint density at radius 2 is 2.07 bits per heavy atom. The molecule has 1 aromatic heterocycles. The van der Waals surface area contributed by atoms with Gasteiger partial charge in [-0.1, -0.05) is 49.1 Å². The first-order valence-electron chi connectivity index (χ1n) is 9.15. The molecule has 1 aromatic carbocycles. The number of benzene rings is 1. The molecule has 2 saturated heterocycles. The van der Waals surface area contributed by atoms with Crippen molar-refractivity contribution in [2.75, 3.05) is 37.7 Å². The van der Waals surface area contributed by atoms with Crippen molar-refractivity contribution < 1.29 is 9.53 Å². The Labute approximate surface area is 168 Å². The molecule has 0 unspecified atom stereocenters. The Hall–Kier alpha value is -1.96. The summed E-state index contributed by atoms with van der Waals surface area (Å²) >= 11 is 6.77. The number of rotatable bonds is 4. The number of amides is 1. The first-order valence-corrected chi connectivity index (χ1v) is 10.4. The second kappa shape index (κ2) is 7.96. The van der Waals surface area contributed by atoms with E-state index >= 15 is 0 Å². The lowest BCUT2D eigenvalue weighted by Crippen LogP contribution is -2.37. The van der Waals surface area contributed by atoms with Crippen LogP contribution in [0.5, 0.6) is 0 Å². The molecule has 7 heteroatoms. The largest absolute Gasteiger partial charge is 0.378 e. The van der Waals surface area contributed by atoms with E-state index in [2.05, 4.69) is 11.0 Å². The number of nitrogens with zero attached hydrogens (tertiary/aromatic N) is 3. The Bertz CT molecular complexity index is 923. The summed E-state index contributed by atoms with van der Waals surface area (Å²) in [6, 6.07) is 10.2. The summed E-state index contributed by atoms with van der Waals surface area (Å²) in [5.74, 6) is 0.894. The lowest BCUT2D eigenvalue weighted by molar-refractivity contribution is -0.122. The molecule has 0 aliphatic carbocycles. The number of anilines is 1. The van der Waals surface area contributed by atoms with Crippen LogP contribution in [0, 0.1) is 0 Å². The Morgan fingerprint density at radius 3 is 2.85 bits per heavy atom. The third kappa shape index (κ3) is 3.72. The van der Waals surface area contributed by atoms with Crippen LogP contribution in [0.15, 0.2) is 35.2 Å². The van der Waals surface area contributed by atoms with Crippen LogP contribution in [-0.2, 0) is 9.53 Å². The minimum absolute atomic E-state index is 0.00654. The summed E-state index contributed by atoms with van der Waals surface area (Å²) in [4.78, 5) is 22.2. The molecule has 2 aliphatic heterocycles. The zero-order chi connectivity index (χ0) is 18.8. The summed E-state index contributed by atoms with van der Waals surface area (Å²) in [5.41, 5.74) is 1.90. The number of carbonyl (C=O) groups excluding carboxylic acids is 1. The van der Waals surface area contributed by atoms with Crippen LogP contribution in [0.4, 0.5) is 5.82 Å². The fourth-order valence-electron chi connectivity index (χ4n) is 3.31. The molecule has 0 saturated carbocycles. The van der Waals surface area contributed by atoms with Crippen molar-refractivity contribution in [3.8, 4) is 0 Å². The molecule has 2 aliphatic rings. The minimum Gasteiger partial charge on any atom is -0.378 e. The summed E-state index contributed by atoms with van der Waals surface area (Å²) in [7, 11) is 0. The highest BCUT2D eigenvalue weighted by Gasteiger charge is 2.31. The maximum absolute atomic E-state index is 12.8. The monoisotopic (exact) mass is 399 g/mol. The van der Waals surface area contributed by atoms with Gasteiger partial charge in [0, 0.05) is 30.6 Å². The van der Waals surface area contributed by atoms with Crippen LogP contribution in [0.1, 0.15) is 18.9 Å². The maximum Gasteiger partial charge on any atom is 0.266 e. The van der Waals surface area contributed by atoms with E-state index in [1.165, 1.54) is 11.8 Å². The molecular formula is C20H21N3O2S2. The van der Waals surface area contributed by atoms with E-state index in [1.54, 1.807) is 4.90 Å². The van der Waals surface area contributed by atoms with Gasteiger partial charge in [0.15, 0.2) is 0 Å². The molecule has 0 spiro atoms. The van der Waals surface area contributed by atoms with E-state index < -0.39 is 0 Å². The first-order chi connectivity index (χ1) is 13.2. The van der Waals surface area contributed by atoms with Gasteiger partial charge in [-0.2, -0.15) is 0 Å². The zero-order valence-electron chi connectivity index (χ0n) is 15.2. The smallest absolute Gasteiger partial charge is 0.266 e. The number of carbonyl (C=O) groups is 1. The fourth-order valence-corrected chi connectivity index (χ4v) is 4.61. The van der Waals surface area contributed by atoms with Crippen molar-refractivity contribution in [1.29, 1.82) is 0 Å². The Morgan fingerprint density at radius 1 is 1.30 bits per heavy atom. The van der Waals surface area contributed by atoms with Crippen LogP contribution < -0.4 is 4.90 Å².